The van der Waals surface area contributed by atoms with Gasteiger partial charge in [0.2, 0.25) is 0 Å². The molecule has 228 valence electrons. The molecule has 1 aliphatic rings. The van der Waals surface area contributed by atoms with E-state index in [9.17, 15) is 4.79 Å². The zero-order chi connectivity index (χ0) is 31.1. The van der Waals surface area contributed by atoms with Crippen LogP contribution in [0.1, 0.15) is 79.7 Å². The van der Waals surface area contributed by atoms with Crippen molar-refractivity contribution in [2.45, 2.75) is 66.0 Å². The van der Waals surface area contributed by atoms with Crippen molar-refractivity contribution in [2.75, 3.05) is 24.6 Å². The van der Waals surface area contributed by atoms with Gasteiger partial charge in [-0.1, -0.05) is 84.4 Å². The second kappa shape index (κ2) is 12.8. The van der Waals surface area contributed by atoms with Gasteiger partial charge in [0, 0.05) is 64.7 Å². The number of aryl methyl sites for hydroxylation is 1. The molecule has 5 nitrogen and oxygen atoms in total. The lowest BCUT2D eigenvalue weighted by Crippen LogP contribution is -2.32. The number of halogens is 4. The van der Waals surface area contributed by atoms with Crippen LogP contribution in [-0.4, -0.2) is 30.2 Å². The summed E-state index contributed by atoms with van der Waals surface area (Å²) in [5, 5.41) is 1.15. The van der Waals surface area contributed by atoms with Crippen LogP contribution < -0.4 is 9.64 Å². The van der Waals surface area contributed by atoms with Crippen LogP contribution in [0, 0.1) is 6.92 Å². The number of esters is 1. The maximum Gasteiger partial charge on any atom is 0.341 e. The van der Waals surface area contributed by atoms with Gasteiger partial charge in [0.25, 0.3) is 0 Å². The summed E-state index contributed by atoms with van der Waals surface area (Å²) in [6.07, 6.45) is 3.21. The lowest BCUT2D eigenvalue weighted by Gasteiger charge is -2.34. The normalized spacial score (nSPS) is 16.1. The maximum absolute atomic E-state index is 13.9. The number of para-hydroxylation sites is 1. The lowest BCUT2D eigenvalue weighted by atomic mass is 9.78. The van der Waals surface area contributed by atoms with Crippen LogP contribution in [0.3, 0.4) is 0 Å². The average Bonchev–Trinajstić information content (AvgIpc) is 3.47. The Morgan fingerprint density at radius 3 is 2.26 bits per heavy atom. The molecule has 2 heterocycles. The van der Waals surface area contributed by atoms with Gasteiger partial charge in [0.15, 0.2) is 5.60 Å². The number of benzene rings is 3. The molecule has 0 saturated heterocycles. The molecule has 1 atom stereocenters. The molecule has 0 aliphatic carbocycles. The van der Waals surface area contributed by atoms with Crippen molar-refractivity contribution in [1.29, 1.82) is 0 Å². The van der Waals surface area contributed by atoms with Crippen molar-refractivity contribution in [3.63, 3.8) is 0 Å². The van der Waals surface area contributed by atoms with Crippen LogP contribution in [0.2, 0.25) is 20.1 Å². The average molecular weight is 662 g/mol. The summed E-state index contributed by atoms with van der Waals surface area (Å²) in [4.78, 5) is 16.2. The zero-order valence-corrected chi connectivity index (χ0v) is 28.1. The first-order valence-electron chi connectivity index (χ1n) is 14.9. The number of rotatable bonds is 11. The molecule has 0 spiro atoms. The quantitative estimate of drug-likeness (QED) is 0.0694. The number of nitrogens with zero attached hydrogens (tertiary/aromatic N) is 2. The van der Waals surface area contributed by atoms with Crippen LogP contribution in [0.15, 0.2) is 42.5 Å². The molecular weight excluding hydrogens is 626 g/mol. The monoisotopic (exact) mass is 660 g/mol. The molecule has 0 N–H and O–H groups in total. The molecule has 0 saturated carbocycles. The van der Waals surface area contributed by atoms with Crippen molar-refractivity contribution in [2.24, 2.45) is 0 Å². The van der Waals surface area contributed by atoms with E-state index in [0.717, 1.165) is 66.7 Å². The number of hydrogen-bond donors (Lipinski definition) is 0. The highest BCUT2D eigenvalue weighted by atomic mass is 35.5. The molecule has 0 bridgehead atoms. The van der Waals surface area contributed by atoms with Crippen LogP contribution in [0.4, 0.5) is 5.69 Å². The van der Waals surface area contributed by atoms with E-state index in [1.165, 1.54) is 0 Å². The topological polar surface area (TPSA) is 43.7 Å². The minimum Gasteiger partial charge on any atom is -0.493 e. The van der Waals surface area contributed by atoms with Crippen LogP contribution in [-0.2, 0) is 16.9 Å². The third kappa shape index (κ3) is 5.07. The molecule has 5 rings (SSSR count). The number of aromatic nitrogens is 1. The number of carbonyl (C=O) groups is 1. The van der Waals surface area contributed by atoms with Gasteiger partial charge < -0.3 is 18.9 Å². The van der Waals surface area contributed by atoms with Crippen LogP contribution in [0.25, 0.3) is 10.9 Å². The molecule has 4 aromatic rings. The molecule has 0 radical (unpaired) electrons. The van der Waals surface area contributed by atoms with Gasteiger partial charge in [-0.2, -0.15) is 0 Å². The molecule has 3 aromatic carbocycles. The van der Waals surface area contributed by atoms with Gasteiger partial charge in [-0.3, -0.25) is 0 Å². The Morgan fingerprint density at radius 2 is 1.58 bits per heavy atom. The van der Waals surface area contributed by atoms with Crippen molar-refractivity contribution in [3.8, 4) is 5.75 Å². The van der Waals surface area contributed by atoms with E-state index in [0.29, 0.717) is 23.5 Å². The summed E-state index contributed by atoms with van der Waals surface area (Å²) < 4.78 is 15.2. The number of hydrogen-bond acceptors (Lipinski definition) is 4. The van der Waals surface area contributed by atoms with Gasteiger partial charge in [0.1, 0.15) is 5.75 Å². The zero-order valence-electron chi connectivity index (χ0n) is 25.1. The third-order valence-corrected chi connectivity index (χ3v) is 10.2. The maximum atomic E-state index is 13.9. The predicted octanol–water partition coefficient (Wildman–Crippen LogP) is 10.5. The molecular formula is C34H36Cl4N2O3. The number of anilines is 1. The van der Waals surface area contributed by atoms with Crippen LogP contribution >= 0.6 is 46.4 Å². The fraction of sp³-hybridized carbons (Fsp3) is 0.382. The van der Waals surface area contributed by atoms with Gasteiger partial charge in [-0.15, -0.1) is 0 Å². The molecule has 43 heavy (non-hydrogen) atoms. The molecule has 9 heteroatoms. The highest BCUT2D eigenvalue weighted by Gasteiger charge is 2.55. The summed E-state index contributed by atoms with van der Waals surface area (Å²) >= 11 is 27.0. The van der Waals surface area contributed by atoms with E-state index in [1.54, 1.807) is 0 Å². The van der Waals surface area contributed by atoms with Crippen molar-refractivity contribution in [3.05, 3.63) is 90.5 Å². The smallest absolute Gasteiger partial charge is 0.341 e. The minimum atomic E-state index is -1.52. The van der Waals surface area contributed by atoms with Crippen LogP contribution in [0.5, 0.6) is 5.75 Å². The molecule has 1 aromatic heterocycles. The second-order valence-corrected chi connectivity index (χ2v) is 12.2. The van der Waals surface area contributed by atoms with E-state index in [-0.39, 0.29) is 25.7 Å². The number of unbranched alkanes of at least 4 members (excludes halogenated alkanes) is 2. The Kier molecular flexibility index (Phi) is 9.48. The van der Waals surface area contributed by atoms with E-state index in [1.807, 2.05) is 37.3 Å². The van der Waals surface area contributed by atoms with Crippen molar-refractivity contribution in [1.82, 2.24) is 4.57 Å². The van der Waals surface area contributed by atoms with E-state index >= 15 is 0 Å². The fourth-order valence-corrected chi connectivity index (χ4v) is 7.50. The Hall–Kier alpha value is -2.57. The Labute approximate surface area is 273 Å². The number of fused-ring (bicyclic) bond motifs is 2. The van der Waals surface area contributed by atoms with E-state index in [4.69, 9.17) is 55.9 Å². The number of ether oxygens (including phenoxy) is 2. The van der Waals surface area contributed by atoms with Crippen molar-refractivity contribution < 1.29 is 14.3 Å². The molecule has 0 fully saturated rings. The summed E-state index contributed by atoms with van der Waals surface area (Å²) in [5.41, 5.74) is 3.37. The number of carbonyl (C=O) groups excluding carboxylic acids is 1. The largest absolute Gasteiger partial charge is 0.493 e. The van der Waals surface area contributed by atoms with Crippen molar-refractivity contribution >= 4 is 69.0 Å². The lowest BCUT2D eigenvalue weighted by molar-refractivity contribution is 0.0246. The first kappa shape index (κ1) is 31.8. The second-order valence-electron chi connectivity index (χ2n) is 10.7. The highest BCUT2D eigenvalue weighted by Crippen LogP contribution is 2.59. The first-order chi connectivity index (χ1) is 20.7. The third-order valence-electron chi connectivity index (χ3n) is 8.41. The highest BCUT2D eigenvalue weighted by molar-refractivity contribution is 6.53. The van der Waals surface area contributed by atoms with E-state index in [2.05, 4.69) is 49.3 Å². The Balaban J connectivity index is 1.95. The fourth-order valence-electron chi connectivity index (χ4n) is 6.44. The molecule has 1 unspecified atom stereocenters. The standard InChI is InChI=1S/C34H36Cl4N2O3/c1-6-10-13-18-40-20(5)27(22-14-11-12-15-24(22)40)34(23-17-16-21(39(7-2)8-3)19-25(23)42-9-4)28-26(33(41)43-34)29(35)31(37)32(38)30(28)36/h11-12,14-17,19H,6-10,13,18H2,1-5H3. The van der Waals surface area contributed by atoms with E-state index < -0.39 is 11.6 Å². The van der Waals surface area contributed by atoms with Gasteiger partial charge in [-0.25, -0.2) is 4.79 Å². The Bertz CT molecular complexity index is 1700. The van der Waals surface area contributed by atoms with Gasteiger partial charge in [0.05, 0.1) is 32.3 Å². The first-order valence-corrected chi connectivity index (χ1v) is 16.4. The SMILES string of the molecule is CCCCCn1c(C)c(C2(c3ccc(N(CC)CC)cc3OCC)OC(=O)c3c(Cl)c(Cl)c(Cl)c(Cl)c32)c2ccccc21. The summed E-state index contributed by atoms with van der Waals surface area (Å²) in [5.74, 6) is -0.0500. The molecule has 1 aliphatic heterocycles. The number of cyclic esters (lactones) is 1. The molecule has 0 amide bonds. The Morgan fingerprint density at radius 1 is 0.884 bits per heavy atom. The summed E-state index contributed by atoms with van der Waals surface area (Å²) in [6.45, 7) is 13.3. The minimum absolute atomic E-state index is 0.0139. The van der Waals surface area contributed by atoms with Gasteiger partial charge >= 0.3 is 5.97 Å². The van der Waals surface area contributed by atoms with Gasteiger partial charge in [-0.05, 0) is 52.3 Å². The summed E-state index contributed by atoms with van der Waals surface area (Å²) in [6, 6.07) is 14.2. The summed E-state index contributed by atoms with van der Waals surface area (Å²) in [7, 11) is 0. The predicted molar refractivity (Wildman–Crippen MR) is 179 cm³/mol.